The summed E-state index contributed by atoms with van der Waals surface area (Å²) in [4.78, 5) is 4.05. The lowest BCUT2D eigenvalue weighted by Gasteiger charge is -2.13. The van der Waals surface area contributed by atoms with Crippen molar-refractivity contribution < 1.29 is 13.2 Å². The Hall–Kier alpha value is -2.51. The minimum atomic E-state index is -3.92. The summed E-state index contributed by atoms with van der Waals surface area (Å²) in [5, 5.41) is 0.548. The number of sulfonamides is 1. The highest BCUT2D eigenvalue weighted by atomic mass is 35.5. The molecule has 1 heterocycles. The summed E-state index contributed by atoms with van der Waals surface area (Å²) < 4.78 is 33.1. The van der Waals surface area contributed by atoms with Crippen molar-refractivity contribution in [2.75, 3.05) is 11.8 Å². The van der Waals surface area contributed by atoms with Gasteiger partial charge in [-0.3, -0.25) is 9.71 Å². The van der Waals surface area contributed by atoms with Crippen LogP contribution < -0.4 is 14.9 Å². The van der Waals surface area contributed by atoms with Gasteiger partial charge in [-0.1, -0.05) is 41.3 Å². The van der Waals surface area contributed by atoms with Gasteiger partial charge in [0, 0.05) is 22.3 Å². The first-order valence-electron chi connectivity index (χ1n) is 7.57. The molecule has 5 nitrogen and oxygen atoms in total. The Bertz CT molecular complexity index is 1060. The van der Waals surface area contributed by atoms with Crippen LogP contribution in [0.15, 0.2) is 65.8 Å². The van der Waals surface area contributed by atoms with Gasteiger partial charge in [-0.15, -0.1) is 0 Å². The first-order chi connectivity index (χ1) is 12.4. The van der Waals surface area contributed by atoms with E-state index in [1.807, 2.05) is 18.2 Å². The zero-order valence-corrected chi connectivity index (χ0v) is 15.4. The Kier molecular flexibility index (Phi) is 5.20. The summed E-state index contributed by atoms with van der Waals surface area (Å²) in [6.07, 6.45) is 3.02. The quantitative estimate of drug-likeness (QED) is 0.687. The van der Waals surface area contributed by atoms with E-state index in [0.29, 0.717) is 21.7 Å². The predicted molar refractivity (Wildman–Crippen MR) is 104 cm³/mol. The smallest absolute Gasteiger partial charge is 0.265 e. The van der Waals surface area contributed by atoms with Gasteiger partial charge in [0.1, 0.15) is 18.5 Å². The number of anilines is 1. The van der Waals surface area contributed by atoms with Gasteiger partial charge in [0.25, 0.3) is 10.0 Å². The Morgan fingerprint density at radius 3 is 2.62 bits per heavy atom. The molecule has 0 amide bonds. The number of rotatable bonds is 5. The number of benzene rings is 2. The molecule has 8 heteroatoms. The van der Waals surface area contributed by atoms with Crippen LogP contribution >= 0.6 is 11.6 Å². The van der Waals surface area contributed by atoms with Crippen molar-refractivity contribution in [1.29, 1.82) is 0 Å². The number of hydrogen-bond donors (Lipinski definition) is 1. The molecule has 3 rings (SSSR count). The van der Waals surface area contributed by atoms with E-state index in [2.05, 4.69) is 9.71 Å². The average Bonchev–Trinajstić information content (AvgIpc) is 2.62. The molecule has 2 aromatic carbocycles. The van der Waals surface area contributed by atoms with E-state index < -0.39 is 10.0 Å². The lowest BCUT2D eigenvalue weighted by molar-refractivity contribution is 0.403. The van der Waals surface area contributed by atoms with Gasteiger partial charge >= 0.3 is 0 Å². The van der Waals surface area contributed by atoms with E-state index in [9.17, 15) is 8.42 Å². The van der Waals surface area contributed by atoms with Gasteiger partial charge < -0.3 is 4.74 Å². The number of ether oxygens (including phenoxy) is 1. The third kappa shape index (κ3) is 3.84. The first-order valence-corrected chi connectivity index (χ1v) is 9.43. The second-order valence-electron chi connectivity index (χ2n) is 5.46. The molecule has 0 aliphatic rings. The summed E-state index contributed by atoms with van der Waals surface area (Å²) >= 11 is 6.20. The molecule has 1 N–H and O–H groups in total. The Morgan fingerprint density at radius 2 is 1.88 bits per heavy atom. The average molecular weight is 385 g/mol. The normalized spacial score (nSPS) is 11.2. The van der Waals surface area contributed by atoms with Crippen molar-refractivity contribution in [3.05, 3.63) is 65.9 Å². The number of nitrogens with zero attached hydrogens (tertiary/aromatic N) is 1. The maximum absolute atomic E-state index is 12.7. The van der Waals surface area contributed by atoms with Crippen LogP contribution in [0.3, 0.4) is 0 Å². The van der Waals surface area contributed by atoms with Crippen LogP contribution in [0.1, 0.15) is 0 Å². The summed E-state index contributed by atoms with van der Waals surface area (Å²) in [6.45, 7) is 0. The summed E-state index contributed by atoms with van der Waals surface area (Å²) in [5.74, 6) is 0.196. The second kappa shape index (κ2) is 7.39. The molecule has 2 radical (unpaired) electrons. The van der Waals surface area contributed by atoms with Crippen LogP contribution in [0, 0.1) is 0 Å². The van der Waals surface area contributed by atoms with Gasteiger partial charge in [-0.25, -0.2) is 8.42 Å². The monoisotopic (exact) mass is 384 g/mol. The molecule has 3 aromatic rings. The van der Waals surface area contributed by atoms with Crippen LogP contribution in [0.25, 0.3) is 11.1 Å². The Balaban J connectivity index is 1.98. The predicted octanol–water partition coefficient (Wildman–Crippen LogP) is 3.01. The molecule has 0 aliphatic carbocycles. The van der Waals surface area contributed by atoms with E-state index in [1.54, 1.807) is 24.4 Å². The fourth-order valence-corrected chi connectivity index (χ4v) is 3.94. The lowest BCUT2D eigenvalue weighted by Crippen LogP contribution is -2.17. The molecule has 0 atom stereocenters. The molecule has 0 aliphatic heterocycles. The zero-order chi connectivity index (χ0) is 18.7. The van der Waals surface area contributed by atoms with E-state index >= 15 is 0 Å². The molecule has 0 bridgehead atoms. The van der Waals surface area contributed by atoms with E-state index in [4.69, 9.17) is 24.2 Å². The highest BCUT2D eigenvalue weighted by Gasteiger charge is 2.20. The number of halogens is 1. The molecule has 0 unspecified atom stereocenters. The maximum Gasteiger partial charge on any atom is 0.265 e. The van der Waals surface area contributed by atoms with Crippen molar-refractivity contribution in [3.63, 3.8) is 0 Å². The summed E-state index contributed by atoms with van der Waals surface area (Å²) in [7, 11) is 3.19. The van der Waals surface area contributed by atoms with Gasteiger partial charge in [0.15, 0.2) is 0 Å². The zero-order valence-electron chi connectivity index (χ0n) is 13.8. The molecule has 26 heavy (non-hydrogen) atoms. The van der Waals surface area contributed by atoms with Gasteiger partial charge in [-0.05, 0) is 24.3 Å². The number of pyridine rings is 1. The van der Waals surface area contributed by atoms with Crippen molar-refractivity contribution in [2.45, 2.75) is 4.90 Å². The van der Waals surface area contributed by atoms with E-state index in [-0.39, 0.29) is 10.6 Å². The number of aromatic nitrogens is 1. The fourth-order valence-electron chi connectivity index (χ4n) is 2.45. The van der Waals surface area contributed by atoms with E-state index in [1.165, 1.54) is 25.4 Å². The SMILES string of the molecule is [B]c1ccc(OC)c(S(=O)(=O)Nc2cncc(-c3ccccc3Cl)c2)c1. The molecule has 130 valence electrons. The maximum atomic E-state index is 12.7. The van der Waals surface area contributed by atoms with Gasteiger partial charge in [-0.2, -0.15) is 0 Å². The molecule has 1 aromatic heterocycles. The fraction of sp³-hybridized carbons (Fsp3) is 0.0556. The van der Waals surface area contributed by atoms with Crippen LogP contribution in [0.5, 0.6) is 5.75 Å². The highest BCUT2D eigenvalue weighted by molar-refractivity contribution is 7.92. The van der Waals surface area contributed by atoms with Crippen molar-refractivity contribution >= 4 is 40.6 Å². The largest absolute Gasteiger partial charge is 0.495 e. The summed E-state index contributed by atoms with van der Waals surface area (Å²) in [5.41, 5.74) is 2.06. The van der Waals surface area contributed by atoms with Gasteiger partial charge in [0.05, 0.1) is 19.0 Å². The highest BCUT2D eigenvalue weighted by Crippen LogP contribution is 2.30. The van der Waals surface area contributed by atoms with Crippen molar-refractivity contribution in [3.8, 4) is 16.9 Å². The lowest BCUT2D eigenvalue weighted by atomic mass is 9.97. The summed E-state index contributed by atoms with van der Waals surface area (Å²) in [6, 6.07) is 13.3. The minimum absolute atomic E-state index is 0.0526. The van der Waals surface area contributed by atoms with Crippen LogP contribution in [0.2, 0.25) is 5.02 Å². The molecule has 0 saturated carbocycles. The van der Waals surface area contributed by atoms with Crippen molar-refractivity contribution in [2.24, 2.45) is 0 Å². The van der Waals surface area contributed by atoms with Gasteiger partial charge in [0.2, 0.25) is 0 Å². The topological polar surface area (TPSA) is 68.3 Å². The van der Waals surface area contributed by atoms with Crippen LogP contribution in [-0.2, 0) is 10.0 Å². The first kappa shape index (κ1) is 18.3. The molecular weight excluding hydrogens is 371 g/mol. The van der Waals surface area contributed by atoms with Crippen LogP contribution in [-0.4, -0.2) is 28.4 Å². The Labute approximate surface area is 158 Å². The number of methoxy groups -OCH3 is 1. The standard InChI is InChI=1S/C18H14BClN2O3S/c1-25-17-7-6-13(19)9-18(17)26(23,24)22-14-8-12(10-21-11-14)15-4-2-3-5-16(15)20/h2-11,22H,1H3. The minimum Gasteiger partial charge on any atom is -0.495 e. The third-order valence-corrected chi connectivity index (χ3v) is 5.38. The molecule has 0 fully saturated rings. The van der Waals surface area contributed by atoms with Crippen LogP contribution in [0.4, 0.5) is 5.69 Å². The number of hydrogen-bond acceptors (Lipinski definition) is 4. The molecule has 0 saturated heterocycles. The Morgan fingerprint density at radius 1 is 1.12 bits per heavy atom. The van der Waals surface area contributed by atoms with Crippen molar-refractivity contribution in [1.82, 2.24) is 4.98 Å². The third-order valence-electron chi connectivity index (χ3n) is 3.65. The van der Waals surface area contributed by atoms with E-state index in [0.717, 1.165) is 5.56 Å². The molecular formula is C18H14BClN2O3S. The molecule has 0 spiro atoms. The number of nitrogens with one attached hydrogen (secondary N) is 1. The second-order valence-corrected chi connectivity index (χ2v) is 7.52.